The average molecular weight is 1160 g/mol. The van der Waals surface area contributed by atoms with Gasteiger partial charge in [-0.15, -0.1) is 0 Å². The molecular formula is C68H120N2O10. The van der Waals surface area contributed by atoms with Gasteiger partial charge in [0.25, 0.3) is 0 Å². The Morgan fingerprint density at radius 3 is 1.00 bits per heavy atom. The minimum Gasteiger partial charge on any atom is -0.481 e. The summed E-state index contributed by atoms with van der Waals surface area (Å²) in [6, 6.07) is 0. The molecule has 0 aliphatic heterocycles. The van der Waals surface area contributed by atoms with Crippen LogP contribution in [0.4, 0.5) is 0 Å². The smallest absolute Gasteiger partial charge is 0.311 e. The van der Waals surface area contributed by atoms with Crippen LogP contribution >= 0.6 is 0 Å². The summed E-state index contributed by atoms with van der Waals surface area (Å²) in [5, 5.41) is 8.80. The van der Waals surface area contributed by atoms with Crippen molar-refractivity contribution in [3.8, 4) is 0 Å². The molecule has 0 aromatic carbocycles. The second-order valence-electron chi connectivity index (χ2n) is 20.8. The SMILES string of the molecule is [2H]C1([2H])CC(C(=O)N(C)C)CC1([2H])[2H].[2H]C1([2H])CC(C(C)=O)CC1([2H])[2H].[2H]C1([2H])CC(C(C)=O)CC1([2H])[2H].[2H]C1([2H])CC(C)(C(=O)O)CC1([2H])[2H].[2H]C1([2H])CC(C)(C(=O)OCC)CC1([2H])[2H].[2H]C1([2H])CCC([2H])([2H])C1C(=O)N(C)C.[2H]C1([2H])CCC([2H])([2H])C1C(C)=O.[2H]C1([2H])CCC([2H])([2H])C1C(C)=O.[2H]C1([2H])CCC([2H])([2H])C1C=CC. The normalized spacial score (nSPS) is 39.5. The molecule has 9 rings (SSSR count). The zero-order valence-electron chi connectivity index (χ0n) is 85.6. The van der Waals surface area contributed by atoms with Gasteiger partial charge in [0.2, 0.25) is 11.8 Å². The lowest BCUT2D eigenvalue weighted by Crippen LogP contribution is -2.27. The number of rotatable bonds is 10. The molecule has 12 nitrogen and oxygen atoms in total. The molecular weight excluding hydrogens is 1000 g/mol. The minimum atomic E-state index is -2.04. The van der Waals surface area contributed by atoms with Crippen LogP contribution in [0.15, 0.2) is 12.2 Å². The van der Waals surface area contributed by atoms with Gasteiger partial charge in [-0.1, -0.05) is 127 Å². The largest absolute Gasteiger partial charge is 0.481 e. The number of carboxylic acid groups (broad SMARTS) is 1. The average Bonchev–Trinajstić information content (AvgIpc) is 1.60. The lowest BCUT2D eigenvalue weighted by atomic mass is 9.89. The zero-order valence-corrected chi connectivity index (χ0v) is 49.6. The predicted molar refractivity (Wildman–Crippen MR) is 326 cm³/mol. The molecule has 0 aromatic heterocycles. The van der Waals surface area contributed by atoms with E-state index in [2.05, 4.69) is 0 Å². The summed E-state index contributed by atoms with van der Waals surface area (Å²) in [5.41, 5.74) is -2.31. The van der Waals surface area contributed by atoms with Crippen molar-refractivity contribution in [3.05, 3.63) is 12.2 Å². The van der Waals surface area contributed by atoms with Gasteiger partial charge < -0.3 is 19.6 Å². The molecule has 80 heavy (non-hydrogen) atoms. The molecule has 2 amide bonds. The molecule has 462 valence electrons. The molecule has 0 heterocycles. The Kier molecular flexibility index (Phi) is 18.1. The topological polar surface area (TPSA) is 173 Å². The second kappa shape index (κ2) is 42.2. The molecule has 0 bridgehead atoms. The predicted octanol–water partition coefficient (Wildman–Crippen LogP) is 16.1. The summed E-state index contributed by atoms with van der Waals surface area (Å²) in [5.74, 6) is -8.55. The van der Waals surface area contributed by atoms with E-state index in [1.165, 1.54) is 58.5 Å². The monoisotopic (exact) mass is 1160 g/mol. The van der Waals surface area contributed by atoms with Crippen molar-refractivity contribution in [2.75, 3.05) is 34.8 Å². The van der Waals surface area contributed by atoms with E-state index in [9.17, 15) is 38.4 Å². The number of esters is 1. The molecule has 9 aliphatic rings. The number of Topliss-reactive ketones (excluding diaryl/α,β-unsaturated/α-hetero) is 4. The van der Waals surface area contributed by atoms with Gasteiger partial charge in [0.05, 0.1) is 17.4 Å². The Labute approximate surface area is 539 Å². The zero-order chi connectivity index (χ0) is 92.4. The highest BCUT2D eigenvalue weighted by molar-refractivity contribution is 5.80. The Morgan fingerprint density at radius 1 is 0.463 bits per heavy atom. The maximum atomic E-state index is 11.6. The van der Waals surface area contributed by atoms with Crippen molar-refractivity contribution in [2.45, 2.75) is 286 Å². The molecule has 0 radical (unpaired) electrons. The highest BCUT2D eigenvalue weighted by Crippen LogP contribution is 2.39. The number of hydrogen-bond acceptors (Lipinski definition) is 9. The van der Waals surface area contributed by atoms with E-state index in [0.29, 0.717) is 12.8 Å². The lowest BCUT2D eigenvalue weighted by molar-refractivity contribution is -0.154. The maximum absolute atomic E-state index is 11.6. The molecule has 0 spiro atoms. The first-order valence-electron chi connectivity index (χ1n) is 45.6. The van der Waals surface area contributed by atoms with E-state index in [4.69, 9.17) is 59.2 Å². The molecule has 1 N–H and O–H groups in total. The number of carboxylic acids is 1. The van der Waals surface area contributed by atoms with Crippen LogP contribution in [0.5, 0.6) is 0 Å². The van der Waals surface area contributed by atoms with Gasteiger partial charge in [0.1, 0.15) is 23.1 Å². The third-order valence-electron chi connectivity index (χ3n) is 13.1. The van der Waals surface area contributed by atoms with Crippen LogP contribution in [-0.2, 0) is 43.1 Å². The molecule has 0 aromatic rings. The second-order valence-corrected chi connectivity index (χ2v) is 20.8. The summed E-state index contributed by atoms with van der Waals surface area (Å²) >= 11 is 0. The standard InChI is InChI=1S/C9H16O2.2C8H15NO.C8H14.C7H12O2.4C7H12O/c1-3-11-8(10)9(2)6-4-5-7-9;2*1-9(2)8(10)7-5-3-4-6-7;1-2-5-8-6-3-4-7-8;1-7(6(8)9)4-2-3-5-7;4*1-6(8)7-4-2-3-5-7/h3-7H2,1-2H3;2*7H,3-6H2,1-2H3;2,5,8H,3-4,6-7H2,1H3;2-5H2,1H3,(H,8,9);4*7H,2-5H2,1H3/i4D2,5D2;5D2,6D2;3D2,4D2;6D2,7D2;2D2,3D2;2*4D2,5D2;2*2D2,3D2. The van der Waals surface area contributed by atoms with Crippen molar-refractivity contribution in [1.82, 2.24) is 9.80 Å². The number of amides is 2. The first-order chi connectivity index (χ1) is 51.1. The molecule has 9 fully saturated rings. The number of allylic oxidation sites excluding steroid dienone is 2. The fourth-order valence-corrected chi connectivity index (χ4v) is 7.64. The summed E-state index contributed by atoms with van der Waals surface area (Å²) in [6.07, 6.45) is -27.8. The van der Waals surface area contributed by atoms with Gasteiger partial charge in [0.15, 0.2) is 0 Å². The van der Waals surface area contributed by atoms with E-state index in [1.807, 2.05) is 0 Å². The number of hydrogen-bond donors (Lipinski definition) is 1. The minimum absolute atomic E-state index is 0.0169. The first kappa shape index (κ1) is 34.3. The Morgan fingerprint density at radius 2 is 0.750 bits per heavy atom. The summed E-state index contributed by atoms with van der Waals surface area (Å²) in [4.78, 5) is 91.9. The van der Waals surface area contributed by atoms with Crippen LogP contribution < -0.4 is 0 Å². The lowest BCUT2D eigenvalue weighted by Gasteiger charge is -2.20. The maximum Gasteiger partial charge on any atom is 0.311 e. The molecule has 12 heteroatoms. The van der Waals surface area contributed by atoms with Crippen LogP contribution in [0.1, 0.15) is 335 Å². The van der Waals surface area contributed by atoms with Crippen molar-refractivity contribution in [2.24, 2.45) is 52.3 Å². The van der Waals surface area contributed by atoms with Gasteiger partial charge >= 0.3 is 11.9 Å². The van der Waals surface area contributed by atoms with Crippen LogP contribution in [0, 0.1) is 52.3 Å². The van der Waals surface area contributed by atoms with Gasteiger partial charge in [-0.2, -0.15) is 0 Å². The molecule has 0 atom stereocenters. The van der Waals surface area contributed by atoms with Gasteiger partial charge in [-0.3, -0.25) is 38.4 Å². The number of ketones is 4. The van der Waals surface area contributed by atoms with Crippen molar-refractivity contribution >= 4 is 46.9 Å². The van der Waals surface area contributed by atoms with Crippen LogP contribution in [0.25, 0.3) is 0 Å². The van der Waals surface area contributed by atoms with E-state index in [0.717, 1.165) is 0 Å². The van der Waals surface area contributed by atoms with Crippen LogP contribution in [0.2, 0.25) is 0 Å². The van der Waals surface area contributed by atoms with Gasteiger partial charge in [0, 0.05) is 113 Å². The third-order valence-corrected chi connectivity index (χ3v) is 13.1. The Bertz CT molecular complexity index is 3230. The first-order valence-corrected chi connectivity index (χ1v) is 27.6. The molecule has 9 aliphatic carbocycles. The van der Waals surface area contributed by atoms with Crippen molar-refractivity contribution in [1.29, 1.82) is 0 Å². The fourth-order valence-electron chi connectivity index (χ4n) is 7.64. The quantitative estimate of drug-likeness (QED) is 0.164. The number of ether oxygens (including phenoxy) is 1. The van der Waals surface area contributed by atoms with Crippen LogP contribution in [0.3, 0.4) is 0 Å². The third kappa shape index (κ3) is 31.1. The molecule has 9 saturated carbocycles. The fraction of sp³-hybridized carbons (Fsp3) is 0.853. The van der Waals surface area contributed by atoms with Crippen molar-refractivity contribution < 1.29 is 97.5 Å². The molecule has 0 saturated heterocycles. The van der Waals surface area contributed by atoms with E-state index < -0.39 is 185 Å². The Hall–Kier alpha value is -3.70. The van der Waals surface area contributed by atoms with Gasteiger partial charge in [-0.05, 0) is 176 Å². The summed E-state index contributed by atoms with van der Waals surface area (Å²) in [7, 11) is 6.25. The van der Waals surface area contributed by atoms with E-state index in [-0.39, 0.29) is 138 Å². The number of carbonyl (C=O) groups excluding carboxylic acids is 7. The van der Waals surface area contributed by atoms with E-state index in [1.54, 1.807) is 47.0 Å². The number of nitrogens with zero attached hydrogens (tertiary/aromatic N) is 2. The number of aliphatic carboxylic acids is 1. The highest BCUT2D eigenvalue weighted by Gasteiger charge is 2.38. The highest BCUT2D eigenvalue weighted by atomic mass is 16.5. The van der Waals surface area contributed by atoms with Crippen molar-refractivity contribution in [3.63, 3.8) is 0 Å². The number of carbonyl (C=O) groups is 8. The summed E-state index contributed by atoms with van der Waals surface area (Å²) < 4.78 is 273. The van der Waals surface area contributed by atoms with Gasteiger partial charge in [-0.25, -0.2) is 0 Å². The van der Waals surface area contributed by atoms with E-state index >= 15 is 0 Å². The van der Waals surface area contributed by atoms with Crippen LogP contribution in [-0.4, -0.2) is 96.6 Å². The molecule has 0 unspecified atom stereocenters. The summed E-state index contributed by atoms with van der Waals surface area (Å²) in [6.45, 7) is 12.0. The Balaban J connectivity index is 0.000000653.